The fourth-order valence-electron chi connectivity index (χ4n) is 2.89. The van der Waals surface area contributed by atoms with Crippen LogP contribution in [0.15, 0.2) is 40.8 Å². The molecule has 1 N–H and O–H groups in total. The number of rotatable bonds is 8. The summed E-state index contributed by atoms with van der Waals surface area (Å²) in [6, 6.07) is 11.2. The predicted octanol–water partition coefficient (Wildman–Crippen LogP) is 2.97. The number of nitrogens with one attached hydrogen (secondary N) is 1. The minimum Gasteiger partial charge on any atom is -0.462 e. The summed E-state index contributed by atoms with van der Waals surface area (Å²) in [6.07, 6.45) is 0. The second kappa shape index (κ2) is 11.1. The highest BCUT2D eigenvalue weighted by molar-refractivity contribution is 5.89. The third-order valence-electron chi connectivity index (χ3n) is 4.35. The first-order valence-corrected chi connectivity index (χ1v) is 9.13. The number of hydrogen-bond acceptors (Lipinski definition) is 6. The van der Waals surface area contributed by atoms with Crippen LogP contribution in [0.4, 0.5) is 0 Å². The standard InChI is InChI=1S/C20H26N2O4.ClH/c1-2-25-20(23)17-5-3-16(4-6-17)19-8-7-18(26-19)15-21-9-10-22-11-13-24-14-12-22;/h3-8,21H,2,9-15H2,1H3;1H. The Morgan fingerprint density at radius 3 is 2.59 bits per heavy atom. The fraction of sp³-hybridized carbons (Fsp3) is 0.450. The largest absolute Gasteiger partial charge is 0.462 e. The van der Waals surface area contributed by atoms with Crippen LogP contribution in [0.1, 0.15) is 23.0 Å². The number of hydrogen-bond donors (Lipinski definition) is 1. The number of carbonyl (C=O) groups excluding carboxylic acids is 1. The number of halogens is 1. The highest BCUT2D eigenvalue weighted by Crippen LogP contribution is 2.22. The van der Waals surface area contributed by atoms with Crippen LogP contribution in [0, 0.1) is 0 Å². The van der Waals surface area contributed by atoms with E-state index in [2.05, 4.69) is 10.2 Å². The quantitative estimate of drug-likeness (QED) is 0.548. The molecule has 1 fully saturated rings. The van der Waals surface area contributed by atoms with E-state index in [-0.39, 0.29) is 18.4 Å². The molecule has 2 heterocycles. The van der Waals surface area contributed by atoms with Crippen LogP contribution in [-0.2, 0) is 16.0 Å². The fourth-order valence-corrected chi connectivity index (χ4v) is 2.89. The average molecular weight is 395 g/mol. The molecule has 0 spiro atoms. The number of furan rings is 1. The van der Waals surface area contributed by atoms with Gasteiger partial charge in [0.1, 0.15) is 11.5 Å². The number of nitrogens with zero attached hydrogens (tertiary/aromatic N) is 1. The molecule has 0 aliphatic carbocycles. The molecule has 0 saturated carbocycles. The van der Waals surface area contributed by atoms with Crippen molar-refractivity contribution in [1.29, 1.82) is 0 Å². The summed E-state index contributed by atoms with van der Waals surface area (Å²) < 4.78 is 16.2. The Morgan fingerprint density at radius 1 is 1.15 bits per heavy atom. The lowest BCUT2D eigenvalue weighted by Gasteiger charge is -2.26. The van der Waals surface area contributed by atoms with Crippen molar-refractivity contribution in [1.82, 2.24) is 10.2 Å². The van der Waals surface area contributed by atoms with Crippen LogP contribution in [0.5, 0.6) is 0 Å². The smallest absolute Gasteiger partial charge is 0.338 e. The normalized spacial score (nSPS) is 14.6. The molecule has 1 aliphatic heterocycles. The highest BCUT2D eigenvalue weighted by atomic mass is 35.5. The van der Waals surface area contributed by atoms with Gasteiger partial charge in [-0.15, -0.1) is 12.4 Å². The second-order valence-corrected chi connectivity index (χ2v) is 6.19. The van der Waals surface area contributed by atoms with Gasteiger partial charge in [-0.3, -0.25) is 4.90 Å². The van der Waals surface area contributed by atoms with Crippen molar-refractivity contribution in [2.45, 2.75) is 13.5 Å². The Morgan fingerprint density at radius 2 is 1.89 bits per heavy atom. The van der Waals surface area contributed by atoms with E-state index in [1.54, 1.807) is 19.1 Å². The van der Waals surface area contributed by atoms with Gasteiger partial charge in [-0.05, 0) is 31.2 Å². The van der Waals surface area contributed by atoms with Gasteiger partial charge in [0.05, 0.1) is 31.9 Å². The van der Waals surface area contributed by atoms with Gasteiger partial charge in [-0.2, -0.15) is 0 Å². The monoisotopic (exact) mass is 394 g/mol. The number of benzene rings is 1. The molecule has 0 bridgehead atoms. The zero-order valence-electron chi connectivity index (χ0n) is 15.6. The Bertz CT molecular complexity index is 696. The summed E-state index contributed by atoms with van der Waals surface area (Å²) in [4.78, 5) is 14.1. The molecule has 1 aliphatic rings. The van der Waals surface area contributed by atoms with Crippen molar-refractivity contribution in [3.8, 4) is 11.3 Å². The molecule has 0 atom stereocenters. The van der Waals surface area contributed by atoms with Crippen molar-refractivity contribution in [2.75, 3.05) is 46.0 Å². The van der Waals surface area contributed by atoms with Crippen molar-refractivity contribution in [2.24, 2.45) is 0 Å². The summed E-state index contributed by atoms with van der Waals surface area (Å²) in [7, 11) is 0. The Hall–Kier alpha value is -1.86. The lowest BCUT2D eigenvalue weighted by molar-refractivity contribution is 0.0383. The number of ether oxygens (including phenoxy) is 2. The zero-order valence-corrected chi connectivity index (χ0v) is 16.4. The number of carbonyl (C=O) groups is 1. The lowest BCUT2D eigenvalue weighted by Crippen LogP contribution is -2.40. The molecule has 6 nitrogen and oxygen atoms in total. The van der Waals surface area contributed by atoms with E-state index >= 15 is 0 Å². The number of esters is 1. The maximum Gasteiger partial charge on any atom is 0.338 e. The summed E-state index contributed by atoms with van der Waals surface area (Å²) in [5.74, 6) is 1.39. The Balaban J connectivity index is 0.00000261. The summed E-state index contributed by atoms with van der Waals surface area (Å²) in [5.41, 5.74) is 1.49. The zero-order chi connectivity index (χ0) is 18.2. The SMILES string of the molecule is CCOC(=O)c1ccc(-c2ccc(CNCCN3CCOCC3)o2)cc1.Cl. The molecule has 1 aromatic carbocycles. The summed E-state index contributed by atoms with van der Waals surface area (Å²) >= 11 is 0. The molecule has 1 saturated heterocycles. The molecule has 3 rings (SSSR count). The van der Waals surface area contributed by atoms with Gasteiger partial charge in [0.15, 0.2) is 0 Å². The summed E-state index contributed by atoms with van der Waals surface area (Å²) in [5, 5.41) is 3.41. The average Bonchev–Trinajstić information content (AvgIpc) is 3.15. The van der Waals surface area contributed by atoms with E-state index in [4.69, 9.17) is 13.9 Å². The van der Waals surface area contributed by atoms with Crippen LogP contribution in [0.3, 0.4) is 0 Å². The van der Waals surface area contributed by atoms with Gasteiger partial charge in [-0.25, -0.2) is 4.79 Å². The van der Waals surface area contributed by atoms with Crippen LogP contribution < -0.4 is 5.32 Å². The van der Waals surface area contributed by atoms with Gasteiger partial charge in [0, 0.05) is 31.7 Å². The maximum atomic E-state index is 11.7. The van der Waals surface area contributed by atoms with Gasteiger partial charge >= 0.3 is 5.97 Å². The first-order chi connectivity index (χ1) is 12.8. The van der Waals surface area contributed by atoms with Crippen molar-refractivity contribution < 1.29 is 18.7 Å². The van der Waals surface area contributed by atoms with E-state index in [0.29, 0.717) is 18.7 Å². The van der Waals surface area contributed by atoms with Crippen molar-refractivity contribution in [3.05, 3.63) is 47.7 Å². The molecule has 2 aromatic rings. The van der Waals surface area contributed by atoms with Crippen LogP contribution in [-0.4, -0.2) is 56.9 Å². The Kier molecular flexibility index (Phi) is 8.81. The van der Waals surface area contributed by atoms with Crippen molar-refractivity contribution >= 4 is 18.4 Å². The number of morpholine rings is 1. The van der Waals surface area contributed by atoms with E-state index in [0.717, 1.165) is 56.5 Å². The van der Waals surface area contributed by atoms with E-state index in [9.17, 15) is 4.79 Å². The molecule has 7 heteroatoms. The molecule has 148 valence electrons. The topological polar surface area (TPSA) is 63.9 Å². The molecular formula is C20H27ClN2O4. The first-order valence-electron chi connectivity index (χ1n) is 9.13. The molecular weight excluding hydrogens is 368 g/mol. The third-order valence-corrected chi connectivity index (χ3v) is 4.35. The molecule has 0 amide bonds. The minimum atomic E-state index is -0.302. The Labute approximate surface area is 166 Å². The molecule has 1 aromatic heterocycles. The minimum absolute atomic E-state index is 0. The lowest BCUT2D eigenvalue weighted by atomic mass is 10.1. The second-order valence-electron chi connectivity index (χ2n) is 6.19. The predicted molar refractivity (Wildman–Crippen MR) is 106 cm³/mol. The van der Waals surface area contributed by atoms with Gasteiger partial charge in [0.2, 0.25) is 0 Å². The van der Waals surface area contributed by atoms with Gasteiger partial charge in [-0.1, -0.05) is 12.1 Å². The maximum absolute atomic E-state index is 11.7. The van der Waals surface area contributed by atoms with Crippen LogP contribution >= 0.6 is 12.4 Å². The highest BCUT2D eigenvalue weighted by Gasteiger charge is 2.10. The molecule has 0 unspecified atom stereocenters. The summed E-state index contributed by atoms with van der Waals surface area (Å²) in [6.45, 7) is 8.49. The van der Waals surface area contributed by atoms with Crippen molar-refractivity contribution in [3.63, 3.8) is 0 Å². The van der Waals surface area contributed by atoms with Crippen LogP contribution in [0.2, 0.25) is 0 Å². The molecule has 0 radical (unpaired) electrons. The van der Waals surface area contributed by atoms with Gasteiger partial charge in [0.25, 0.3) is 0 Å². The van der Waals surface area contributed by atoms with E-state index < -0.39 is 0 Å². The van der Waals surface area contributed by atoms with E-state index in [1.165, 1.54) is 0 Å². The third kappa shape index (κ3) is 6.36. The molecule has 27 heavy (non-hydrogen) atoms. The van der Waals surface area contributed by atoms with Gasteiger partial charge < -0.3 is 19.2 Å². The first kappa shape index (κ1) is 21.4. The van der Waals surface area contributed by atoms with Crippen LogP contribution in [0.25, 0.3) is 11.3 Å². The van der Waals surface area contributed by atoms with E-state index in [1.807, 2.05) is 24.3 Å².